The average Bonchev–Trinajstić information content (AvgIpc) is 3.81. The molecule has 2 fully saturated rings. The predicted octanol–water partition coefficient (Wildman–Crippen LogP) is 1.21. The van der Waals surface area contributed by atoms with Gasteiger partial charge in [-0.2, -0.15) is 0 Å². The summed E-state index contributed by atoms with van der Waals surface area (Å²) in [7, 11) is 0. The zero-order valence-corrected chi connectivity index (χ0v) is 28.1. The molecule has 4 atom stereocenters. The summed E-state index contributed by atoms with van der Waals surface area (Å²) in [6.45, 7) is 1.13. The van der Waals surface area contributed by atoms with Crippen molar-refractivity contribution in [2.75, 3.05) is 23.9 Å². The Morgan fingerprint density at radius 3 is 1.79 bits per heavy atom. The molecule has 4 aliphatic heterocycles. The van der Waals surface area contributed by atoms with E-state index in [0.717, 1.165) is 11.8 Å². The van der Waals surface area contributed by atoms with Gasteiger partial charge in [-0.1, -0.05) is 24.4 Å². The molecule has 48 heavy (non-hydrogen) atoms. The largest absolute Gasteiger partial charge is 0.477 e. The fraction of sp³-hybridized carbons (Fsp3) is 0.321. The van der Waals surface area contributed by atoms with Gasteiger partial charge in [0.15, 0.2) is 11.5 Å². The zero-order valence-electron chi connectivity index (χ0n) is 24.8. The maximum absolute atomic E-state index is 11.9. The van der Waals surface area contributed by atoms with Crippen LogP contribution >= 0.6 is 47.9 Å². The second kappa shape index (κ2) is 16.0. The van der Waals surface area contributed by atoms with Crippen molar-refractivity contribution in [3.8, 4) is 0 Å². The van der Waals surface area contributed by atoms with Crippen molar-refractivity contribution in [1.82, 2.24) is 9.80 Å². The fourth-order valence-electron chi connectivity index (χ4n) is 4.59. The van der Waals surface area contributed by atoms with Gasteiger partial charge in [0.05, 0.1) is 12.5 Å². The monoisotopic (exact) mass is 740 g/mol. The molecular weight excluding hydrogens is 713 g/mol. The topological polar surface area (TPSA) is 254 Å². The molecule has 20 heteroatoms. The van der Waals surface area contributed by atoms with Gasteiger partial charge < -0.3 is 35.3 Å². The Morgan fingerprint density at radius 2 is 1.38 bits per heavy atom. The van der Waals surface area contributed by atoms with Crippen LogP contribution in [-0.4, -0.2) is 107 Å². The summed E-state index contributed by atoms with van der Waals surface area (Å²) < 4.78 is 14.5. The summed E-state index contributed by atoms with van der Waals surface area (Å²) in [6.07, 6.45) is 2.83. The number of carboxylic acid groups (broad SMARTS) is 2. The Morgan fingerprint density at radius 1 is 0.896 bits per heavy atom. The molecule has 2 saturated heterocycles. The van der Waals surface area contributed by atoms with Crippen LogP contribution in [-0.2, 0) is 28.7 Å². The SMILES string of the molecule is CC(=O)OCC1=C(C(=O)O)N2C(=O)[C@@H](N)[C@H]2SC1.N[C@@H]1C(=O)N2C(C(=O)O)=C(CSC(=O)c3ccco3)CS[C@H]12.O=C(S)c1ccco1. The van der Waals surface area contributed by atoms with Gasteiger partial charge in [0, 0.05) is 29.8 Å². The van der Waals surface area contributed by atoms with Crippen LogP contribution in [0.25, 0.3) is 0 Å². The molecule has 0 radical (unpaired) electrons. The van der Waals surface area contributed by atoms with E-state index in [0.29, 0.717) is 22.7 Å². The molecule has 2 aromatic rings. The van der Waals surface area contributed by atoms with Gasteiger partial charge in [-0.05, 0) is 29.8 Å². The third-order valence-electron chi connectivity index (χ3n) is 6.86. The highest BCUT2D eigenvalue weighted by Gasteiger charge is 2.52. The molecule has 0 spiro atoms. The number of carboxylic acids is 2. The second-order valence-corrected chi connectivity index (χ2v) is 13.6. The number of rotatable bonds is 8. The number of nitrogens with zero attached hydrogens (tertiary/aromatic N) is 2. The van der Waals surface area contributed by atoms with Gasteiger partial charge in [-0.25, -0.2) is 9.59 Å². The van der Waals surface area contributed by atoms with Crippen molar-refractivity contribution < 1.29 is 57.3 Å². The van der Waals surface area contributed by atoms with Gasteiger partial charge in [-0.3, -0.25) is 33.8 Å². The summed E-state index contributed by atoms with van der Waals surface area (Å²) in [4.78, 5) is 81.3. The Kier molecular flexibility index (Phi) is 12.3. The van der Waals surface area contributed by atoms with Crippen LogP contribution < -0.4 is 11.5 Å². The smallest absolute Gasteiger partial charge is 0.352 e. The Labute approximate surface area is 290 Å². The van der Waals surface area contributed by atoms with E-state index in [1.54, 1.807) is 24.3 Å². The van der Waals surface area contributed by atoms with Crippen molar-refractivity contribution in [3.63, 3.8) is 0 Å². The Hall–Kier alpha value is -3.95. The second-order valence-electron chi connectivity index (χ2n) is 10.0. The minimum atomic E-state index is -1.21. The average molecular weight is 741 g/mol. The van der Waals surface area contributed by atoms with E-state index in [9.17, 15) is 38.7 Å². The molecular formula is C28H28N4O12S4. The lowest BCUT2D eigenvalue weighted by atomic mass is 10.0. The fourth-order valence-corrected chi connectivity index (χ4v) is 8.22. The van der Waals surface area contributed by atoms with Gasteiger partial charge in [-0.15, -0.1) is 23.5 Å². The Balaban J connectivity index is 0.000000179. The van der Waals surface area contributed by atoms with Crippen LogP contribution in [0.3, 0.4) is 0 Å². The number of β-lactam (4-membered cyclic amide) rings is 2. The first-order valence-electron chi connectivity index (χ1n) is 13.7. The number of carbonyl (C=O) groups is 7. The number of hydrogen-bond donors (Lipinski definition) is 5. The van der Waals surface area contributed by atoms with Crippen LogP contribution in [0, 0.1) is 0 Å². The molecule has 16 nitrogen and oxygen atoms in total. The lowest BCUT2D eigenvalue weighted by Crippen LogP contribution is -2.68. The third kappa shape index (κ3) is 8.01. The minimum absolute atomic E-state index is 0.0461. The van der Waals surface area contributed by atoms with Gasteiger partial charge >= 0.3 is 17.9 Å². The third-order valence-corrected chi connectivity index (χ3v) is 10.8. The summed E-state index contributed by atoms with van der Waals surface area (Å²) in [5.41, 5.74) is 12.1. The van der Waals surface area contributed by atoms with E-state index in [1.165, 1.54) is 52.8 Å². The lowest BCUT2D eigenvalue weighted by molar-refractivity contribution is -0.148. The highest BCUT2D eigenvalue weighted by molar-refractivity contribution is 8.14. The minimum Gasteiger partial charge on any atom is -0.477 e. The summed E-state index contributed by atoms with van der Waals surface area (Å²) in [5, 5.41) is 17.3. The highest BCUT2D eigenvalue weighted by atomic mass is 32.2. The number of esters is 1. The molecule has 256 valence electrons. The number of thioether (sulfide) groups is 3. The van der Waals surface area contributed by atoms with Crippen molar-refractivity contribution in [3.05, 3.63) is 70.9 Å². The van der Waals surface area contributed by atoms with E-state index in [-0.39, 0.29) is 56.3 Å². The number of aliphatic carboxylic acids is 2. The van der Waals surface area contributed by atoms with Gasteiger partial charge in [0.25, 0.3) is 10.2 Å². The zero-order chi connectivity index (χ0) is 35.3. The quantitative estimate of drug-likeness (QED) is 0.145. The maximum Gasteiger partial charge on any atom is 0.352 e. The van der Waals surface area contributed by atoms with Crippen LogP contribution in [0.1, 0.15) is 28.0 Å². The van der Waals surface area contributed by atoms with E-state index in [2.05, 4.69) is 17.0 Å². The molecule has 6 heterocycles. The van der Waals surface area contributed by atoms with Gasteiger partial charge in [0.2, 0.25) is 11.8 Å². The summed E-state index contributed by atoms with van der Waals surface area (Å²) in [5.74, 6) is -2.17. The number of ether oxygens (including phenoxy) is 1. The first kappa shape index (κ1) is 36.9. The molecule has 4 aliphatic rings. The van der Waals surface area contributed by atoms with Crippen LogP contribution in [0.15, 0.2) is 68.2 Å². The number of thiol groups is 1. The van der Waals surface area contributed by atoms with E-state index >= 15 is 0 Å². The van der Waals surface area contributed by atoms with E-state index < -0.39 is 41.8 Å². The molecule has 2 aromatic heterocycles. The van der Waals surface area contributed by atoms with Crippen molar-refractivity contribution >= 4 is 87.9 Å². The lowest BCUT2D eigenvalue weighted by Gasteiger charge is -2.48. The molecule has 0 bridgehead atoms. The summed E-state index contributed by atoms with van der Waals surface area (Å²) in [6, 6.07) is 5.05. The van der Waals surface area contributed by atoms with E-state index in [4.69, 9.17) is 25.7 Å². The van der Waals surface area contributed by atoms with Crippen molar-refractivity contribution in [2.24, 2.45) is 11.5 Å². The Bertz CT molecular complexity index is 1670. The number of fused-ring (bicyclic) bond motifs is 2. The van der Waals surface area contributed by atoms with Crippen molar-refractivity contribution in [1.29, 1.82) is 0 Å². The molecule has 6 rings (SSSR count). The molecule has 0 aliphatic carbocycles. The van der Waals surface area contributed by atoms with Crippen LogP contribution in [0.4, 0.5) is 0 Å². The number of carbonyl (C=O) groups excluding carboxylic acids is 5. The summed E-state index contributed by atoms with van der Waals surface area (Å²) >= 11 is 7.26. The van der Waals surface area contributed by atoms with Crippen LogP contribution in [0.5, 0.6) is 0 Å². The maximum atomic E-state index is 11.9. The predicted molar refractivity (Wildman–Crippen MR) is 176 cm³/mol. The molecule has 6 N–H and O–H groups in total. The molecule has 2 amide bonds. The molecule has 0 unspecified atom stereocenters. The highest BCUT2D eigenvalue weighted by Crippen LogP contribution is 2.41. The van der Waals surface area contributed by atoms with Crippen molar-refractivity contribution in [2.45, 2.75) is 29.8 Å². The number of amides is 2. The number of nitrogens with two attached hydrogens (primary N) is 2. The molecule has 0 saturated carbocycles. The first-order valence-corrected chi connectivity index (χ1v) is 17.2. The first-order chi connectivity index (χ1) is 22.7. The number of hydrogen-bond acceptors (Lipinski definition) is 15. The van der Waals surface area contributed by atoms with Crippen LogP contribution in [0.2, 0.25) is 0 Å². The van der Waals surface area contributed by atoms with Gasteiger partial charge in [0.1, 0.15) is 40.8 Å². The number of furan rings is 2. The molecule has 0 aromatic carbocycles. The normalized spacial score (nSPS) is 22.5. The standard InChI is InChI=1S/C13H12N2O5S2.C10H12N2O5S.C5H4O2S/c14-8-10(16)15-9(12(17)18)6(4-21-11(8)15)5-22-13(19)7-2-1-3-20-7;1-4(13)17-2-5-3-18-9-6(11)8(14)12(9)7(5)10(15)16;6-5(8)4-2-1-3-7-4/h1-3,8,11H,4-5,14H2,(H,17,18);6,9H,2-3,11H2,1H3,(H,15,16);1-3H,(H,6,8)/t8-,11-;6-,9-;/m11./s1. The van der Waals surface area contributed by atoms with E-state index in [1.807, 2.05) is 0 Å².